The van der Waals surface area contributed by atoms with E-state index in [1.54, 1.807) is 11.3 Å². The van der Waals surface area contributed by atoms with Crippen LogP contribution in [-0.4, -0.2) is 24.4 Å². The maximum atomic E-state index is 12.6. The predicted molar refractivity (Wildman–Crippen MR) is 89.4 cm³/mol. The van der Waals surface area contributed by atoms with Crippen LogP contribution in [-0.2, 0) is 13.0 Å². The van der Waals surface area contributed by atoms with Gasteiger partial charge >= 0.3 is 0 Å². The van der Waals surface area contributed by atoms with Crippen LogP contribution in [0.1, 0.15) is 38.1 Å². The largest absolute Gasteiger partial charge is 0.353 e. The highest BCUT2D eigenvalue weighted by Gasteiger charge is 2.33. The molecular formula is C17H19N3OS. The molecule has 1 amide bonds. The molecule has 0 unspecified atom stereocenters. The molecule has 2 aliphatic heterocycles. The second-order valence-corrected chi connectivity index (χ2v) is 7.21. The number of rotatable bonds is 1. The van der Waals surface area contributed by atoms with Gasteiger partial charge in [0.25, 0.3) is 5.91 Å². The van der Waals surface area contributed by atoms with E-state index in [1.165, 1.54) is 16.0 Å². The molecule has 5 heteroatoms. The third-order valence-corrected chi connectivity index (χ3v) is 5.67. The van der Waals surface area contributed by atoms with Gasteiger partial charge in [0.1, 0.15) is 11.2 Å². The van der Waals surface area contributed by atoms with E-state index >= 15 is 0 Å². The van der Waals surface area contributed by atoms with Crippen LogP contribution in [0.2, 0.25) is 0 Å². The number of likely N-dealkylation sites (N-methyl/N-ethyl adjacent to an activating group) is 1. The van der Waals surface area contributed by atoms with Gasteiger partial charge in [-0.25, -0.2) is 0 Å². The van der Waals surface area contributed by atoms with E-state index in [1.807, 2.05) is 12.1 Å². The van der Waals surface area contributed by atoms with Crippen LogP contribution in [0.3, 0.4) is 0 Å². The lowest BCUT2D eigenvalue weighted by Crippen LogP contribution is -2.39. The fraction of sp³-hybridized carbons (Fsp3) is 0.353. The summed E-state index contributed by atoms with van der Waals surface area (Å²) >= 11 is 1.74. The molecule has 0 fully saturated rings. The quantitative estimate of drug-likeness (QED) is 0.851. The molecule has 114 valence electrons. The first-order valence-electron chi connectivity index (χ1n) is 7.59. The Hall–Kier alpha value is -1.85. The number of thiophene rings is 1. The van der Waals surface area contributed by atoms with Crippen LogP contribution in [0.5, 0.6) is 0 Å². The average Bonchev–Trinajstić information content (AvgIpc) is 2.85. The van der Waals surface area contributed by atoms with Crippen LogP contribution < -0.4 is 10.6 Å². The van der Waals surface area contributed by atoms with Crippen molar-refractivity contribution in [2.45, 2.75) is 26.1 Å². The van der Waals surface area contributed by atoms with Crippen LogP contribution in [0, 0.1) is 6.92 Å². The van der Waals surface area contributed by atoms with E-state index in [-0.39, 0.29) is 12.1 Å². The smallest absolute Gasteiger partial charge is 0.256 e. The molecular weight excluding hydrogens is 294 g/mol. The first-order valence-corrected chi connectivity index (χ1v) is 8.41. The fourth-order valence-electron chi connectivity index (χ4n) is 3.31. The van der Waals surface area contributed by atoms with Crippen molar-refractivity contribution in [1.82, 2.24) is 10.2 Å². The maximum absolute atomic E-state index is 12.6. The fourth-order valence-corrected chi connectivity index (χ4v) is 4.66. The molecule has 0 aliphatic carbocycles. The number of anilines is 1. The topological polar surface area (TPSA) is 44.4 Å². The Bertz CT molecular complexity index is 752. The first kappa shape index (κ1) is 13.8. The monoisotopic (exact) mass is 313 g/mol. The molecule has 0 saturated heterocycles. The van der Waals surface area contributed by atoms with Crippen molar-refractivity contribution < 1.29 is 4.79 Å². The van der Waals surface area contributed by atoms with Crippen molar-refractivity contribution in [2.24, 2.45) is 0 Å². The Balaban J connectivity index is 1.73. The number of nitrogens with one attached hydrogen (secondary N) is 2. The Kier molecular flexibility index (Phi) is 3.20. The highest BCUT2D eigenvalue weighted by Crippen LogP contribution is 2.40. The SMILES string of the molecule is Cc1ccccc1[C@@H]1NC(=O)c2c(sc3c2CCN(C)C3)N1. The summed E-state index contributed by atoms with van der Waals surface area (Å²) in [6, 6.07) is 8.18. The number of amides is 1. The van der Waals surface area contributed by atoms with Crippen LogP contribution >= 0.6 is 11.3 Å². The van der Waals surface area contributed by atoms with E-state index in [0.717, 1.165) is 35.6 Å². The molecule has 1 atom stereocenters. The molecule has 0 saturated carbocycles. The minimum atomic E-state index is -0.140. The van der Waals surface area contributed by atoms with Gasteiger partial charge in [-0.05, 0) is 37.1 Å². The zero-order chi connectivity index (χ0) is 15.3. The standard InChI is InChI=1S/C17H19N3OS/c1-10-5-3-4-6-11(10)15-18-16(21)14-12-7-8-20(2)9-13(12)22-17(14)19-15/h3-6,15,19H,7-9H2,1-2H3,(H,18,21)/t15-/m1/s1. The Labute approximate surface area is 134 Å². The highest BCUT2D eigenvalue weighted by atomic mass is 32.1. The van der Waals surface area contributed by atoms with Gasteiger partial charge in [0.15, 0.2) is 0 Å². The third-order valence-electron chi connectivity index (χ3n) is 4.53. The van der Waals surface area contributed by atoms with E-state index in [9.17, 15) is 4.79 Å². The van der Waals surface area contributed by atoms with Crippen molar-refractivity contribution in [1.29, 1.82) is 0 Å². The van der Waals surface area contributed by atoms with Gasteiger partial charge in [-0.2, -0.15) is 0 Å². The zero-order valence-corrected chi connectivity index (χ0v) is 13.6. The summed E-state index contributed by atoms with van der Waals surface area (Å²) in [6.07, 6.45) is 0.820. The summed E-state index contributed by atoms with van der Waals surface area (Å²) in [5, 5.41) is 7.67. The minimum Gasteiger partial charge on any atom is -0.353 e. The van der Waals surface area contributed by atoms with Crippen LogP contribution in [0.15, 0.2) is 24.3 Å². The predicted octanol–water partition coefficient (Wildman–Crippen LogP) is 2.90. The number of hydrogen-bond acceptors (Lipinski definition) is 4. The normalized spacial score (nSPS) is 20.8. The zero-order valence-electron chi connectivity index (χ0n) is 12.8. The first-order chi connectivity index (χ1) is 10.6. The number of hydrogen-bond donors (Lipinski definition) is 2. The van der Waals surface area contributed by atoms with Crippen molar-refractivity contribution in [3.05, 3.63) is 51.4 Å². The molecule has 2 aromatic rings. The summed E-state index contributed by atoms with van der Waals surface area (Å²) in [4.78, 5) is 16.3. The second kappa shape index (κ2) is 5.11. The molecule has 0 radical (unpaired) electrons. The molecule has 2 aliphatic rings. The number of carbonyl (C=O) groups excluding carboxylic acids is 1. The van der Waals surface area contributed by atoms with Gasteiger partial charge in [-0.15, -0.1) is 11.3 Å². The Morgan fingerprint density at radius 1 is 1.27 bits per heavy atom. The van der Waals surface area contributed by atoms with E-state index < -0.39 is 0 Å². The lowest BCUT2D eigenvalue weighted by atomic mass is 9.99. The van der Waals surface area contributed by atoms with E-state index in [0.29, 0.717) is 0 Å². The minimum absolute atomic E-state index is 0.0593. The molecule has 0 bridgehead atoms. The molecule has 0 spiro atoms. The van der Waals surface area contributed by atoms with Gasteiger partial charge in [0.05, 0.1) is 5.56 Å². The van der Waals surface area contributed by atoms with Crippen molar-refractivity contribution in [3.63, 3.8) is 0 Å². The number of fused-ring (bicyclic) bond motifs is 3. The number of aryl methyl sites for hydroxylation is 1. The molecule has 3 heterocycles. The summed E-state index contributed by atoms with van der Waals surface area (Å²) in [6.45, 7) is 4.04. The third kappa shape index (κ3) is 2.12. The number of carbonyl (C=O) groups is 1. The lowest BCUT2D eigenvalue weighted by Gasteiger charge is -2.28. The second-order valence-electron chi connectivity index (χ2n) is 6.10. The van der Waals surface area contributed by atoms with E-state index in [4.69, 9.17) is 0 Å². The highest BCUT2D eigenvalue weighted by molar-refractivity contribution is 7.16. The van der Waals surface area contributed by atoms with Crippen LogP contribution in [0.4, 0.5) is 5.00 Å². The molecule has 1 aromatic heterocycles. The summed E-state index contributed by atoms with van der Waals surface area (Å²) in [7, 11) is 2.13. The van der Waals surface area contributed by atoms with Crippen molar-refractivity contribution in [3.8, 4) is 0 Å². The van der Waals surface area contributed by atoms with Gasteiger partial charge < -0.3 is 15.5 Å². The molecule has 4 nitrogen and oxygen atoms in total. The summed E-state index contributed by atoms with van der Waals surface area (Å²) < 4.78 is 0. The maximum Gasteiger partial charge on any atom is 0.256 e. The molecule has 2 N–H and O–H groups in total. The average molecular weight is 313 g/mol. The Morgan fingerprint density at radius 2 is 2.09 bits per heavy atom. The Morgan fingerprint density at radius 3 is 2.91 bits per heavy atom. The van der Waals surface area contributed by atoms with Gasteiger partial charge in [-0.1, -0.05) is 24.3 Å². The lowest BCUT2D eigenvalue weighted by molar-refractivity contribution is 0.0935. The molecule has 4 rings (SSSR count). The van der Waals surface area contributed by atoms with Crippen LogP contribution in [0.25, 0.3) is 0 Å². The van der Waals surface area contributed by atoms with Gasteiger partial charge in [-0.3, -0.25) is 4.79 Å². The number of nitrogens with zero attached hydrogens (tertiary/aromatic N) is 1. The summed E-state index contributed by atoms with van der Waals surface area (Å²) in [5.41, 5.74) is 4.43. The van der Waals surface area contributed by atoms with Crippen molar-refractivity contribution >= 4 is 22.2 Å². The molecule has 1 aromatic carbocycles. The molecule has 22 heavy (non-hydrogen) atoms. The number of benzene rings is 1. The van der Waals surface area contributed by atoms with Gasteiger partial charge in [0.2, 0.25) is 0 Å². The van der Waals surface area contributed by atoms with Gasteiger partial charge in [0, 0.05) is 18.0 Å². The van der Waals surface area contributed by atoms with E-state index in [2.05, 4.69) is 41.6 Å². The summed E-state index contributed by atoms with van der Waals surface area (Å²) in [5.74, 6) is 0.0593. The van der Waals surface area contributed by atoms with Crippen molar-refractivity contribution in [2.75, 3.05) is 18.9 Å².